The monoisotopic (exact) mass is 1200 g/mol. The number of rotatable bonds is 16. The molecular weight excluding hydrogens is 1150 g/mol. The van der Waals surface area contributed by atoms with Gasteiger partial charge in [0.25, 0.3) is 0 Å². The lowest BCUT2D eigenvalue weighted by atomic mass is 9.94. The number of alkyl carbamates (subject to hydrolysis) is 2. The van der Waals surface area contributed by atoms with E-state index >= 15 is 0 Å². The molecule has 5 fully saturated rings. The minimum absolute atomic E-state index is 0.367. The van der Waals surface area contributed by atoms with Crippen LogP contribution in [0.25, 0.3) is 0 Å². The van der Waals surface area contributed by atoms with Gasteiger partial charge in [0.2, 0.25) is 7.59 Å². The number of aliphatic hydroxyl groups excluding tert-OH is 3. The third kappa shape index (κ3) is 16.3. The predicted molar refractivity (Wildman–Crippen MR) is 239 cm³/mol. The molecule has 0 saturated carbocycles. The fourth-order valence-electron chi connectivity index (χ4n) is 8.20. The summed E-state index contributed by atoms with van der Waals surface area (Å²) in [6.45, 7) is 5.37. The fraction of sp³-hybridized carbons (Fsp3) is 0.889. The smallest absolute Gasteiger partial charge is 0.411 e. The van der Waals surface area contributed by atoms with E-state index in [4.69, 9.17) is 131 Å². The standard InChI is InChI=1S/C36H52Cl6N2O26S2/c1-12-18(45)24-26(69-33(3,4)67-24)29(61-12)66-23-17(44-32(49)58-11-36(40,41)42)28(63-16(20(23)47)9-60-72(53,54)55)64-21-13(2)62-30(27-25(21)68-34(5,6)70-27)65-22-14(43-31(48)57-10-35(37,38)39)7-56-15(19(22)46)8-59-71(50,51)52/h7,12-13,15-30,45-47H,8-11H2,1-6H3,(H,43,48)(H,44,49)(H,50,51,52)(H,53,54,55)/t12?,13?,15?,16?,17?,18-,19+,20+,21-,22-,23-,24+,25+,26?,27?,28+,29+,30+/m1/s1. The van der Waals surface area contributed by atoms with Crippen molar-refractivity contribution in [2.45, 2.75) is 171 Å². The molecule has 6 aliphatic heterocycles. The molecule has 0 aromatic carbocycles. The van der Waals surface area contributed by atoms with Crippen molar-refractivity contribution in [1.82, 2.24) is 10.6 Å². The molecule has 28 nitrogen and oxygen atoms in total. The van der Waals surface area contributed by atoms with Crippen LogP contribution >= 0.6 is 69.6 Å². The lowest BCUT2D eigenvalue weighted by Crippen LogP contribution is -2.69. The molecule has 416 valence electrons. The molecule has 2 amide bonds. The third-order valence-corrected chi connectivity index (χ3v) is 12.6. The predicted octanol–water partition coefficient (Wildman–Crippen LogP) is 0.920. The highest BCUT2D eigenvalue weighted by Crippen LogP contribution is 2.43. The topological polar surface area (TPSA) is 366 Å². The van der Waals surface area contributed by atoms with Crippen molar-refractivity contribution < 1.29 is 121 Å². The maximum atomic E-state index is 13.5. The highest BCUT2D eigenvalue weighted by Gasteiger charge is 2.61. The van der Waals surface area contributed by atoms with E-state index < -0.39 is 189 Å². The third-order valence-electron chi connectivity index (χ3n) is 11.1. The van der Waals surface area contributed by atoms with E-state index in [-0.39, 0.29) is 5.70 Å². The summed E-state index contributed by atoms with van der Waals surface area (Å²) >= 11 is 34.6. The maximum absolute atomic E-state index is 13.5. The van der Waals surface area contributed by atoms with Crippen molar-refractivity contribution in [1.29, 1.82) is 0 Å². The number of nitrogens with one attached hydrogen (secondary N) is 2. The molecule has 7 N–H and O–H groups in total. The molecule has 0 spiro atoms. The van der Waals surface area contributed by atoms with Crippen molar-refractivity contribution in [2.75, 3.05) is 26.4 Å². The van der Waals surface area contributed by atoms with Crippen molar-refractivity contribution in [3.63, 3.8) is 0 Å². The maximum Gasteiger partial charge on any atom is 0.411 e. The first-order valence-corrected chi connectivity index (χ1v) is 26.3. The zero-order chi connectivity index (χ0) is 53.7. The van der Waals surface area contributed by atoms with Gasteiger partial charge in [-0.15, -0.1) is 0 Å². The number of fused-ring (bicyclic) bond motifs is 2. The average molecular weight is 1210 g/mol. The molecule has 18 atom stereocenters. The highest BCUT2D eigenvalue weighted by atomic mass is 35.6. The summed E-state index contributed by atoms with van der Waals surface area (Å²) in [4.78, 5) is 26.3. The highest BCUT2D eigenvalue weighted by molar-refractivity contribution is 7.81. The van der Waals surface area contributed by atoms with E-state index in [1.807, 2.05) is 0 Å². The van der Waals surface area contributed by atoms with Crippen LogP contribution in [0.4, 0.5) is 9.59 Å². The van der Waals surface area contributed by atoms with Crippen molar-refractivity contribution in [3.8, 4) is 0 Å². The van der Waals surface area contributed by atoms with E-state index in [1.165, 1.54) is 27.7 Å². The van der Waals surface area contributed by atoms with Gasteiger partial charge in [0.05, 0.1) is 24.5 Å². The quantitative estimate of drug-likeness (QED) is 0.0834. The summed E-state index contributed by atoms with van der Waals surface area (Å²) in [6.07, 6.45) is -27.5. The van der Waals surface area contributed by atoms with Crippen LogP contribution in [-0.4, -0.2) is 209 Å². The van der Waals surface area contributed by atoms with Crippen LogP contribution in [0.1, 0.15) is 41.5 Å². The Hall–Kier alpha value is -0.960. The minimum atomic E-state index is -5.20. The van der Waals surface area contributed by atoms with Crippen LogP contribution in [0.15, 0.2) is 12.0 Å². The van der Waals surface area contributed by atoms with E-state index in [0.29, 0.717) is 0 Å². The van der Waals surface area contributed by atoms with Crippen LogP contribution in [0.2, 0.25) is 0 Å². The van der Waals surface area contributed by atoms with E-state index in [1.54, 1.807) is 13.8 Å². The van der Waals surface area contributed by atoms with Crippen molar-refractivity contribution >= 4 is 103 Å². The van der Waals surface area contributed by atoms with E-state index in [0.717, 1.165) is 6.26 Å². The van der Waals surface area contributed by atoms with Gasteiger partial charge in [-0.25, -0.2) is 18.0 Å². The van der Waals surface area contributed by atoms with Gasteiger partial charge in [0.1, 0.15) is 99.3 Å². The molecule has 0 aliphatic carbocycles. The Labute approximate surface area is 441 Å². The van der Waals surface area contributed by atoms with Gasteiger partial charge in [0, 0.05) is 0 Å². The molecule has 6 heterocycles. The fourth-order valence-corrected chi connectivity index (χ4v) is 9.14. The lowest BCUT2D eigenvalue weighted by molar-refractivity contribution is -0.353. The summed E-state index contributed by atoms with van der Waals surface area (Å²) < 4.78 is 147. The number of hydrogen-bond acceptors (Lipinski definition) is 24. The van der Waals surface area contributed by atoms with Crippen LogP contribution in [0.3, 0.4) is 0 Å². The first-order chi connectivity index (χ1) is 33.0. The van der Waals surface area contributed by atoms with Gasteiger partial charge in [-0.2, -0.15) is 16.8 Å². The number of aliphatic hydroxyl groups is 3. The summed E-state index contributed by atoms with van der Waals surface area (Å²) in [6, 6.07) is -1.75. The summed E-state index contributed by atoms with van der Waals surface area (Å²) in [5.41, 5.74) is -0.367. The summed E-state index contributed by atoms with van der Waals surface area (Å²) in [5.74, 6) is -2.80. The Morgan fingerprint density at radius 3 is 1.69 bits per heavy atom. The van der Waals surface area contributed by atoms with Crippen LogP contribution < -0.4 is 10.6 Å². The number of hydrogen-bond donors (Lipinski definition) is 7. The largest absolute Gasteiger partial charge is 0.491 e. The number of carbonyl (C=O) groups is 2. The number of alkyl halides is 6. The van der Waals surface area contributed by atoms with Crippen LogP contribution in [0, 0.1) is 0 Å². The molecule has 0 radical (unpaired) electrons. The molecule has 72 heavy (non-hydrogen) atoms. The lowest BCUT2D eigenvalue weighted by Gasteiger charge is -2.49. The Balaban J connectivity index is 1.33. The number of carbonyl (C=O) groups excluding carboxylic acids is 2. The summed E-state index contributed by atoms with van der Waals surface area (Å²) in [5, 5.41) is 39.0. The molecule has 0 aromatic heterocycles. The molecule has 7 unspecified atom stereocenters. The number of halogens is 6. The van der Waals surface area contributed by atoms with Gasteiger partial charge >= 0.3 is 33.0 Å². The molecule has 5 saturated heterocycles. The SMILES string of the molecule is CC1O[C@@H](O[C@@H]2C(NC(=O)OCC(Cl)(Cl)Cl)[C@H](O[C@@H]3C(C)O[C@@H](O[C@@H]4C(NC(=O)OCC(Cl)(Cl)Cl)=COC(COS(=O)(=O)O)[C@@H]4O)C4OC(C)(C)O[C@H]43)OC(COS(=O)(=O)O)[C@@H]2O)C2OC(C)(C)O[C@H]2[C@@H]1O. The second-order valence-electron chi connectivity index (χ2n) is 17.7. The molecule has 0 bridgehead atoms. The first kappa shape index (κ1) is 60.3. The molecule has 0 aromatic rings. The Morgan fingerprint density at radius 2 is 1.12 bits per heavy atom. The first-order valence-electron chi connectivity index (χ1n) is 21.3. The Kier molecular flexibility index (Phi) is 19.4. The van der Waals surface area contributed by atoms with Gasteiger partial charge in [-0.1, -0.05) is 69.6 Å². The Bertz CT molecular complexity index is 2170. The average Bonchev–Trinajstić information content (AvgIpc) is 3.75. The molecular formula is C36H52Cl6N2O26S2. The van der Waals surface area contributed by atoms with Gasteiger partial charge in [0.15, 0.2) is 36.5 Å². The zero-order valence-electron chi connectivity index (χ0n) is 38.2. The van der Waals surface area contributed by atoms with Gasteiger partial charge in [-0.05, 0) is 41.5 Å². The van der Waals surface area contributed by atoms with Crippen molar-refractivity contribution in [3.05, 3.63) is 12.0 Å². The van der Waals surface area contributed by atoms with Gasteiger partial charge < -0.3 is 82.2 Å². The molecule has 6 rings (SSSR count). The summed E-state index contributed by atoms with van der Waals surface area (Å²) in [7, 11) is -10.3. The molecule has 6 aliphatic rings. The normalized spacial score (nSPS) is 38.9. The number of amides is 2. The van der Waals surface area contributed by atoms with E-state index in [9.17, 15) is 50.8 Å². The minimum Gasteiger partial charge on any atom is -0.491 e. The van der Waals surface area contributed by atoms with Crippen LogP contribution in [-0.2, 0) is 90.7 Å². The number of ether oxygens (including phenoxy) is 13. The van der Waals surface area contributed by atoms with E-state index in [2.05, 4.69) is 19.0 Å². The zero-order valence-corrected chi connectivity index (χ0v) is 44.4. The second-order valence-corrected chi connectivity index (χ2v) is 24.9. The molecule has 36 heteroatoms. The second kappa shape index (κ2) is 23.2. The van der Waals surface area contributed by atoms with Crippen molar-refractivity contribution in [2.24, 2.45) is 0 Å². The van der Waals surface area contributed by atoms with Gasteiger partial charge in [-0.3, -0.25) is 14.4 Å². The Morgan fingerprint density at radius 1 is 0.639 bits per heavy atom. The van der Waals surface area contributed by atoms with Crippen LogP contribution in [0.5, 0.6) is 0 Å².